The Morgan fingerprint density at radius 2 is 2.08 bits per heavy atom. The van der Waals surface area contributed by atoms with Crippen molar-refractivity contribution in [3.05, 3.63) is 65.2 Å². The maximum absolute atomic E-state index is 12.3. The van der Waals surface area contributed by atoms with E-state index in [-0.39, 0.29) is 11.9 Å². The van der Waals surface area contributed by atoms with E-state index < -0.39 is 0 Å². The molecule has 0 unspecified atom stereocenters. The maximum atomic E-state index is 12.3. The van der Waals surface area contributed by atoms with E-state index in [2.05, 4.69) is 20.5 Å². The van der Waals surface area contributed by atoms with Crippen LogP contribution in [0.1, 0.15) is 33.5 Å². The molecule has 0 radical (unpaired) electrons. The number of hydrogen-bond acceptors (Lipinski definition) is 5. The van der Waals surface area contributed by atoms with Crippen molar-refractivity contribution in [2.75, 3.05) is 13.1 Å². The van der Waals surface area contributed by atoms with Crippen LogP contribution < -0.4 is 0 Å². The Kier molecular flexibility index (Phi) is 4.49. The molecule has 0 spiro atoms. The van der Waals surface area contributed by atoms with Gasteiger partial charge in [0.15, 0.2) is 0 Å². The van der Waals surface area contributed by atoms with Crippen LogP contribution in [0, 0.1) is 6.92 Å². The highest BCUT2D eigenvalue weighted by molar-refractivity contribution is 5.92. The van der Waals surface area contributed by atoms with Gasteiger partial charge in [0.1, 0.15) is 11.4 Å². The summed E-state index contributed by atoms with van der Waals surface area (Å²) in [5.41, 5.74) is 3.24. The third-order valence-corrected chi connectivity index (χ3v) is 4.37. The number of aromatic amines is 1. The first-order chi connectivity index (χ1) is 12.7. The number of rotatable bonds is 6. The van der Waals surface area contributed by atoms with E-state index in [1.54, 1.807) is 15.6 Å². The largest absolute Gasteiger partial charge is 0.370 e. The Morgan fingerprint density at radius 1 is 1.27 bits per heavy atom. The second-order valence-electron chi connectivity index (χ2n) is 6.47. The van der Waals surface area contributed by atoms with Crippen LogP contribution in [-0.4, -0.2) is 49.1 Å². The molecule has 1 N–H and O–H groups in total. The number of aromatic nitrogens is 5. The first kappa shape index (κ1) is 16.5. The van der Waals surface area contributed by atoms with Gasteiger partial charge in [0.25, 0.3) is 5.91 Å². The van der Waals surface area contributed by atoms with Gasteiger partial charge in [-0.05, 0) is 18.6 Å². The van der Waals surface area contributed by atoms with Gasteiger partial charge < -0.3 is 9.64 Å². The predicted molar refractivity (Wildman–Crippen MR) is 93.2 cm³/mol. The molecule has 1 aliphatic heterocycles. The lowest BCUT2D eigenvalue weighted by Gasteiger charge is -2.38. The van der Waals surface area contributed by atoms with Gasteiger partial charge in [-0.1, -0.05) is 35.5 Å². The lowest BCUT2D eigenvalue weighted by atomic mass is 10.1. The van der Waals surface area contributed by atoms with E-state index in [1.807, 2.05) is 43.5 Å². The van der Waals surface area contributed by atoms with E-state index in [4.69, 9.17) is 4.74 Å². The highest BCUT2D eigenvalue weighted by Crippen LogP contribution is 2.22. The molecule has 0 atom stereocenters. The Bertz CT molecular complexity index is 882. The van der Waals surface area contributed by atoms with E-state index >= 15 is 0 Å². The molecule has 4 rings (SSSR count). The second kappa shape index (κ2) is 7.09. The van der Waals surface area contributed by atoms with Crippen LogP contribution in [0.15, 0.2) is 42.6 Å². The predicted octanol–water partition coefficient (Wildman–Crippen LogP) is 1.72. The highest BCUT2D eigenvalue weighted by Gasteiger charge is 2.34. The number of amides is 1. The molecule has 1 fully saturated rings. The average Bonchev–Trinajstić information content (AvgIpc) is 3.24. The third kappa shape index (κ3) is 3.50. The molecule has 1 aliphatic rings. The van der Waals surface area contributed by atoms with Crippen LogP contribution in [-0.2, 0) is 18.0 Å². The molecule has 26 heavy (non-hydrogen) atoms. The van der Waals surface area contributed by atoms with Crippen molar-refractivity contribution in [1.29, 1.82) is 0 Å². The summed E-state index contributed by atoms with van der Waals surface area (Å²) in [6.45, 7) is 4.05. The topological polar surface area (TPSA) is 88.9 Å². The Balaban J connectivity index is 1.26. The van der Waals surface area contributed by atoms with Gasteiger partial charge in [0.05, 0.1) is 25.5 Å². The summed E-state index contributed by atoms with van der Waals surface area (Å²) >= 11 is 0. The maximum Gasteiger partial charge on any atom is 0.274 e. The summed E-state index contributed by atoms with van der Waals surface area (Å²) in [5, 5.41) is 15.1. The first-order valence-electron chi connectivity index (χ1n) is 8.53. The molecular weight excluding hydrogens is 332 g/mol. The molecule has 1 saturated heterocycles. The van der Waals surface area contributed by atoms with Crippen LogP contribution in [0.25, 0.3) is 0 Å². The summed E-state index contributed by atoms with van der Waals surface area (Å²) in [6.07, 6.45) is 1.89. The van der Waals surface area contributed by atoms with Crippen molar-refractivity contribution in [3.63, 3.8) is 0 Å². The molecule has 0 bridgehead atoms. The van der Waals surface area contributed by atoms with Crippen molar-refractivity contribution < 1.29 is 9.53 Å². The number of likely N-dealkylation sites (tertiary alicyclic amines) is 1. The Morgan fingerprint density at radius 3 is 2.81 bits per heavy atom. The van der Waals surface area contributed by atoms with Crippen molar-refractivity contribution in [2.24, 2.45) is 0 Å². The lowest BCUT2D eigenvalue weighted by molar-refractivity contribution is 0.0492. The number of hydrogen-bond donors (Lipinski definition) is 1. The highest BCUT2D eigenvalue weighted by atomic mass is 16.5. The first-order valence-corrected chi connectivity index (χ1v) is 8.53. The van der Waals surface area contributed by atoms with Gasteiger partial charge in [0.2, 0.25) is 0 Å². The van der Waals surface area contributed by atoms with Crippen LogP contribution >= 0.6 is 0 Å². The minimum Gasteiger partial charge on any atom is -0.370 e. The third-order valence-electron chi connectivity index (χ3n) is 4.37. The van der Waals surface area contributed by atoms with E-state index in [0.717, 1.165) is 17.0 Å². The van der Waals surface area contributed by atoms with Crippen molar-refractivity contribution in [2.45, 2.75) is 26.2 Å². The van der Waals surface area contributed by atoms with E-state index in [9.17, 15) is 4.79 Å². The Hall–Kier alpha value is -3.00. The number of nitrogens with one attached hydrogen (secondary N) is 1. The van der Waals surface area contributed by atoms with E-state index in [0.29, 0.717) is 32.0 Å². The lowest BCUT2D eigenvalue weighted by Crippen LogP contribution is -2.51. The number of ether oxygens (including phenoxy) is 1. The van der Waals surface area contributed by atoms with Gasteiger partial charge in [-0.25, -0.2) is 4.68 Å². The fourth-order valence-electron chi connectivity index (χ4n) is 2.88. The second-order valence-corrected chi connectivity index (χ2v) is 6.47. The summed E-state index contributed by atoms with van der Waals surface area (Å²) < 4.78 is 7.48. The minimum absolute atomic E-state index is 0.0582. The zero-order valence-electron chi connectivity index (χ0n) is 14.5. The Labute approximate surface area is 150 Å². The number of benzene rings is 1. The normalized spacial score (nSPS) is 14.4. The zero-order chi connectivity index (χ0) is 17.9. The van der Waals surface area contributed by atoms with Crippen LogP contribution in [0.4, 0.5) is 0 Å². The molecule has 1 aromatic carbocycles. The quantitative estimate of drug-likeness (QED) is 0.730. The number of aryl methyl sites for hydroxylation is 1. The number of carbonyl (C=O) groups is 1. The zero-order valence-corrected chi connectivity index (χ0v) is 14.5. The van der Waals surface area contributed by atoms with Crippen molar-refractivity contribution >= 4 is 5.91 Å². The standard InChI is InChI=1S/C18H20N6O2/c1-13-7-17(21-19-13)18(25)23-9-16(10-23)24-8-15(20-22-24)12-26-11-14-5-3-2-4-6-14/h2-8,16H,9-12H2,1H3,(H,19,21). The molecule has 8 nitrogen and oxygen atoms in total. The molecule has 8 heteroatoms. The van der Waals surface area contributed by atoms with Gasteiger partial charge in [-0.3, -0.25) is 9.89 Å². The van der Waals surface area contributed by atoms with Gasteiger partial charge in [0, 0.05) is 18.8 Å². The fraction of sp³-hybridized carbons (Fsp3) is 0.333. The smallest absolute Gasteiger partial charge is 0.274 e. The number of H-pyrrole nitrogens is 1. The summed E-state index contributed by atoms with van der Waals surface area (Å²) in [4.78, 5) is 14.0. The molecule has 0 saturated carbocycles. The number of nitrogens with zero attached hydrogens (tertiary/aromatic N) is 5. The molecule has 2 aromatic heterocycles. The molecule has 134 valence electrons. The van der Waals surface area contributed by atoms with Crippen molar-refractivity contribution in [3.8, 4) is 0 Å². The van der Waals surface area contributed by atoms with Crippen molar-refractivity contribution in [1.82, 2.24) is 30.1 Å². The molecular formula is C18H20N6O2. The SMILES string of the molecule is Cc1cc(C(=O)N2CC(n3cc(COCc4ccccc4)nn3)C2)n[nH]1. The van der Waals surface area contributed by atoms with Gasteiger partial charge in [-0.2, -0.15) is 5.10 Å². The van der Waals surface area contributed by atoms with Crippen LogP contribution in [0.3, 0.4) is 0 Å². The number of carbonyl (C=O) groups excluding carboxylic acids is 1. The average molecular weight is 352 g/mol. The van der Waals surface area contributed by atoms with Gasteiger partial charge in [-0.15, -0.1) is 5.10 Å². The minimum atomic E-state index is -0.0582. The summed E-state index contributed by atoms with van der Waals surface area (Å²) in [5.74, 6) is -0.0582. The summed E-state index contributed by atoms with van der Waals surface area (Å²) in [6, 6.07) is 11.9. The molecule has 3 aromatic rings. The fourth-order valence-corrected chi connectivity index (χ4v) is 2.88. The van der Waals surface area contributed by atoms with E-state index in [1.165, 1.54) is 0 Å². The monoisotopic (exact) mass is 352 g/mol. The molecule has 1 amide bonds. The van der Waals surface area contributed by atoms with Crippen LogP contribution in [0.5, 0.6) is 0 Å². The van der Waals surface area contributed by atoms with Gasteiger partial charge >= 0.3 is 0 Å². The molecule has 0 aliphatic carbocycles. The summed E-state index contributed by atoms with van der Waals surface area (Å²) in [7, 11) is 0. The molecule has 3 heterocycles. The van der Waals surface area contributed by atoms with Crippen LogP contribution in [0.2, 0.25) is 0 Å².